The third-order valence-electron chi connectivity index (χ3n) is 4.29. The van der Waals surface area contributed by atoms with E-state index in [4.69, 9.17) is 4.74 Å². The van der Waals surface area contributed by atoms with Crippen molar-refractivity contribution in [2.24, 2.45) is 5.92 Å². The first kappa shape index (κ1) is 16.0. The van der Waals surface area contributed by atoms with Crippen molar-refractivity contribution in [3.8, 4) is 0 Å². The van der Waals surface area contributed by atoms with Crippen molar-refractivity contribution in [1.29, 1.82) is 0 Å². The fourth-order valence-electron chi connectivity index (χ4n) is 3.01. The summed E-state index contributed by atoms with van der Waals surface area (Å²) in [7, 11) is 3.59. The van der Waals surface area contributed by atoms with Crippen LogP contribution in [0.15, 0.2) is 30.7 Å². The molecule has 0 aliphatic carbocycles. The van der Waals surface area contributed by atoms with E-state index in [-0.39, 0.29) is 5.91 Å². The minimum atomic E-state index is 0.137. The summed E-state index contributed by atoms with van der Waals surface area (Å²) in [5.41, 5.74) is 2.24. The monoisotopic (exact) mass is 316 g/mol. The Morgan fingerprint density at radius 1 is 1.43 bits per heavy atom. The Morgan fingerprint density at radius 3 is 3.13 bits per heavy atom. The molecule has 1 atom stereocenters. The zero-order chi connectivity index (χ0) is 16.2. The molecule has 1 saturated heterocycles. The van der Waals surface area contributed by atoms with Crippen LogP contribution in [0, 0.1) is 5.92 Å². The Morgan fingerprint density at radius 2 is 2.30 bits per heavy atom. The summed E-state index contributed by atoms with van der Waals surface area (Å²) in [5.74, 6) is 0.485. The summed E-state index contributed by atoms with van der Waals surface area (Å²) >= 11 is 0. The number of carbonyl (C=O) groups excluding carboxylic acids is 1. The molecule has 124 valence electrons. The molecule has 0 spiro atoms. The number of likely N-dealkylation sites (N-methyl/N-ethyl adjacent to an activating group) is 1. The Hall–Kier alpha value is -1.92. The smallest absolute Gasteiger partial charge is 0.236 e. The molecule has 0 radical (unpaired) electrons. The maximum atomic E-state index is 12.0. The molecule has 23 heavy (non-hydrogen) atoms. The molecule has 2 aromatic heterocycles. The van der Waals surface area contributed by atoms with Gasteiger partial charge in [0, 0.05) is 51.7 Å². The SMILES string of the molecule is CN(C)C(=O)CN1CCOCC(Cc2nccn3cccc23)C1. The average molecular weight is 316 g/mol. The summed E-state index contributed by atoms with van der Waals surface area (Å²) in [6, 6.07) is 4.12. The second kappa shape index (κ2) is 7.10. The third kappa shape index (κ3) is 3.89. The minimum Gasteiger partial charge on any atom is -0.380 e. The molecule has 0 saturated carbocycles. The van der Waals surface area contributed by atoms with Crippen molar-refractivity contribution in [2.75, 3.05) is 46.9 Å². The first-order valence-corrected chi connectivity index (χ1v) is 8.04. The molecule has 0 aromatic carbocycles. The molecule has 1 aliphatic heterocycles. The van der Waals surface area contributed by atoms with Crippen LogP contribution in [0.2, 0.25) is 0 Å². The van der Waals surface area contributed by atoms with Gasteiger partial charge in [0.25, 0.3) is 0 Å². The number of fused-ring (bicyclic) bond motifs is 1. The molecule has 1 aliphatic rings. The highest BCUT2D eigenvalue weighted by Crippen LogP contribution is 2.17. The largest absolute Gasteiger partial charge is 0.380 e. The van der Waals surface area contributed by atoms with Crippen molar-refractivity contribution in [1.82, 2.24) is 19.2 Å². The number of aromatic nitrogens is 2. The van der Waals surface area contributed by atoms with Crippen molar-refractivity contribution >= 4 is 11.4 Å². The van der Waals surface area contributed by atoms with E-state index < -0.39 is 0 Å². The zero-order valence-corrected chi connectivity index (χ0v) is 13.8. The number of ether oxygens (including phenoxy) is 1. The molecule has 6 heteroatoms. The van der Waals surface area contributed by atoms with Crippen LogP contribution >= 0.6 is 0 Å². The van der Waals surface area contributed by atoms with E-state index in [9.17, 15) is 4.79 Å². The number of nitrogens with zero attached hydrogens (tertiary/aromatic N) is 4. The molecule has 0 bridgehead atoms. The van der Waals surface area contributed by atoms with Crippen molar-refractivity contribution < 1.29 is 9.53 Å². The van der Waals surface area contributed by atoms with Crippen LogP contribution < -0.4 is 0 Å². The average Bonchev–Trinajstić information content (AvgIpc) is 2.90. The predicted octanol–water partition coefficient (Wildman–Crippen LogP) is 0.913. The predicted molar refractivity (Wildman–Crippen MR) is 88.3 cm³/mol. The molecule has 2 aromatic rings. The highest BCUT2D eigenvalue weighted by Gasteiger charge is 2.22. The van der Waals surface area contributed by atoms with Crippen LogP contribution in [0.25, 0.3) is 5.52 Å². The molecule has 3 heterocycles. The van der Waals surface area contributed by atoms with E-state index in [1.165, 1.54) is 0 Å². The van der Waals surface area contributed by atoms with Gasteiger partial charge in [-0.15, -0.1) is 0 Å². The van der Waals surface area contributed by atoms with Crippen LogP contribution in [0.1, 0.15) is 5.69 Å². The van der Waals surface area contributed by atoms with E-state index in [0.29, 0.717) is 19.1 Å². The first-order valence-electron chi connectivity index (χ1n) is 8.04. The van der Waals surface area contributed by atoms with Gasteiger partial charge in [0.1, 0.15) is 0 Å². The van der Waals surface area contributed by atoms with Gasteiger partial charge >= 0.3 is 0 Å². The van der Waals surface area contributed by atoms with Crippen molar-refractivity contribution in [3.05, 3.63) is 36.4 Å². The quantitative estimate of drug-likeness (QED) is 0.841. The van der Waals surface area contributed by atoms with E-state index in [0.717, 1.165) is 37.3 Å². The Bertz CT molecular complexity index is 667. The summed E-state index contributed by atoms with van der Waals surface area (Å²) < 4.78 is 7.83. The Balaban J connectivity index is 1.69. The number of rotatable bonds is 4. The Kier molecular flexibility index (Phi) is 4.93. The molecule has 1 unspecified atom stereocenters. The lowest BCUT2D eigenvalue weighted by molar-refractivity contribution is -0.129. The molecule has 1 fully saturated rings. The first-order chi connectivity index (χ1) is 11.1. The van der Waals surface area contributed by atoms with Crippen LogP contribution in [0.5, 0.6) is 0 Å². The Labute approximate surface area is 136 Å². The normalized spacial score (nSPS) is 19.7. The lowest BCUT2D eigenvalue weighted by atomic mass is 10.0. The fraction of sp³-hybridized carbons (Fsp3) is 0.529. The van der Waals surface area contributed by atoms with Gasteiger partial charge in [-0.3, -0.25) is 14.7 Å². The molecule has 6 nitrogen and oxygen atoms in total. The number of carbonyl (C=O) groups is 1. The van der Waals surface area contributed by atoms with Gasteiger partial charge in [-0.05, 0) is 18.6 Å². The second-order valence-electron chi connectivity index (χ2n) is 6.34. The molecule has 3 rings (SSSR count). The van der Waals surface area contributed by atoms with Crippen molar-refractivity contribution in [2.45, 2.75) is 6.42 Å². The van der Waals surface area contributed by atoms with Gasteiger partial charge in [-0.1, -0.05) is 0 Å². The van der Waals surface area contributed by atoms with Crippen LogP contribution in [0.3, 0.4) is 0 Å². The molecular formula is C17H24N4O2. The maximum absolute atomic E-state index is 12.0. The number of amides is 1. The van der Waals surface area contributed by atoms with E-state index in [2.05, 4.69) is 20.4 Å². The van der Waals surface area contributed by atoms with Gasteiger partial charge in [0.05, 0.1) is 31.0 Å². The minimum absolute atomic E-state index is 0.137. The third-order valence-corrected chi connectivity index (χ3v) is 4.29. The summed E-state index contributed by atoms with van der Waals surface area (Å²) in [5, 5.41) is 0. The maximum Gasteiger partial charge on any atom is 0.236 e. The standard InChI is InChI=1S/C17H24N4O2/c1-19(2)17(22)12-20-8-9-23-13-14(11-20)10-15-16-4-3-6-21(16)7-5-18-15/h3-7,14H,8-13H2,1-2H3. The summed E-state index contributed by atoms with van der Waals surface area (Å²) in [4.78, 5) is 20.3. The number of hydrogen-bond acceptors (Lipinski definition) is 4. The van der Waals surface area contributed by atoms with Gasteiger partial charge in [0.15, 0.2) is 0 Å². The lowest BCUT2D eigenvalue weighted by Gasteiger charge is -2.24. The van der Waals surface area contributed by atoms with Crippen LogP contribution in [-0.2, 0) is 16.0 Å². The topological polar surface area (TPSA) is 50.1 Å². The van der Waals surface area contributed by atoms with Gasteiger partial charge in [-0.2, -0.15) is 0 Å². The van der Waals surface area contributed by atoms with Crippen LogP contribution in [-0.4, -0.2) is 72.0 Å². The van der Waals surface area contributed by atoms with Crippen molar-refractivity contribution in [3.63, 3.8) is 0 Å². The highest BCUT2D eigenvalue weighted by atomic mass is 16.5. The molecule has 0 N–H and O–H groups in total. The lowest BCUT2D eigenvalue weighted by Crippen LogP contribution is -2.39. The van der Waals surface area contributed by atoms with Gasteiger partial charge in [0.2, 0.25) is 5.91 Å². The highest BCUT2D eigenvalue weighted by molar-refractivity contribution is 5.77. The zero-order valence-electron chi connectivity index (χ0n) is 13.8. The molecule has 1 amide bonds. The van der Waals surface area contributed by atoms with E-state index in [1.54, 1.807) is 19.0 Å². The van der Waals surface area contributed by atoms with Crippen LogP contribution in [0.4, 0.5) is 0 Å². The second-order valence-corrected chi connectivity index (χ2v) is 6.34. The summed E-state index contributed by atoms with van der Waals surface area (Å²) in [6.07, 6.45) is 6.70. The van der Waals surface area contributed by atoms with Gasteiger partial charge < -0.3 is 14.0 Å². The van der Waals surface area contributed by atoms with E-state index in [1.807, 2.05) is 24.7 Å². The van der Waals surface area contributed by atoms with Gasteiger partial charge in [-0.25, -0.2) is 0 Å². The molecular weight excluding hydrogens is 292 g/mol. The van der Waals surface area contributed by atoms with E-state index >= 15 is 0 Å². The summed E-state index contributed by atoms with van der Waals surface area (Å²) in [6.45, 7) is 3.52. The number of hydrogen-bond donors (Lipinski definition) is 0. The fourth-order valence-corrected chi connectivity index (χ4v) is 3.01.